The van der Waals surface area contributed by atoms with Gasteiger partial charge in [-0.3, -0.25) is 4.79 Å². The van der Waals surface area contributed by atoms with Crippen LogP contribution in [0.3, 0.4) is 0 Å². The highest BCUT2D eigenvalue weighted by Gasteiger charge is 2.29. The Balaban J connectivity index is 1.50. The number of hydrogen-bond donors (Lipinski definition) is 1. The average molecular weight is 522 g/mol. The van der Waals surface area contributed by atoms with Crippen LogP contribution in [-0.4, -0.2) is 70.7 Å². The van der Waals surface area contributed by atoms with Crippen LogP contribution in [0.1, 0.15) is 35.7 Å². The average Bonchev–Trinajstić information content (AvgIpc) is 2.85. The predicted molar refractivity (Wildman–Crippen MR) is 132 cm³/mol. The van der Waals surface area contributed by atoms with Crippen molar-refractivity contribution < 1.29 is 26.4 Å². The second kappa shape index (κ2) is 10.4. The van der Waals surface area contributed by atoms with Crippen LogP contribution in [0.15, 0.2) is 52.3 Å². The first kappa shape index (κ1) is 25.8. The number of benzene rings is 2. The molecule has 2 aliphatic rings. The molecule has 0 atom stereocenters. The molecule has 0 unspecified atom stereocenters. The summed E-state index contributed by atoms with van der Waals surface area (Å²) in [6, 6.07) is 10.5. The summed E-state index contributed by atoms with van der Waals surface area (Å²) in [7, 11) is -7.32. The highest BCUT2D eigenvalue weighted by Crippen LogP contribution is 2.26. The topological polar surface area (TPSA) is 113 Å². The van der Waals surface area contributed by atoms with Gasteiger partial charge in [-0.25, -0.2) is 16.8 Å². The molecule has 2 aliphatic heterocycles. The molecule has 11 heteroatoms. The van der Waals surface area contributed by atoms with Crippen molar-refractivity contribution in [1.29, 1.82) is 0 Å². The van der Waals surface area contributed by atoms with Crippen LogP contribution >= 0.6 is 0 Å². The van der Waals surface area contributed by atoms with Crippen molar-refractivity contribution in [2.75, 3.05) is 44.7 Å². The molecule has 1 N–H and O–H groups in total. The van der Waals surface area contributed by atoms with Gasteiger partial charge >= 0.3 is 0 Å². The van der Waals surface area contributed by atoms with Crippen LogP contribution in [-0.2, 0) is 24.8 Å². The minimum Gasteiger partial charge on any atom is -0.379 e. The van der Waals surface area contributed by atoms with Crippen LogP contribution in [0.5, 0.6) is 0 Å². The zero-order chi connectivity index (χ0) is 25.2. The molecule has 2 fully saturated rings. The number of anilines is 1. The van der Waals surface area contributed by atoms with Crippen LogP contribution in [0.2, 0.25) is 0 Å². The summed E-state index contributed by atoms with van der Waals surface area (Å²) in [4.78, 5) is 13.2. The molecule has 35 heavy (non-hydrogen) atoms. The van der Waals surface area contributed by atoms with Gasteiger partial charge in [0.15, 0.2) is 0 Å². The Labute approximate surface area is 207 Å². The predicted octanol–water partition coefficient (Wildman–Crippen LogP) is 2.69. The summed E-state index contributed by atoms with van der Waals surface area (Å²) in [6.07, 6.45) is 1.63. The molecule has 0 bridgehead atoms. The van der Waals surface area contributed by atoms with Crippen LogP contribution in [0.4, 0.5) is 5.69 Å². The molecule has 0 saturated carbocycles. The molecule has 4 rings (SSSR count). The van der Waals surface area contributed by atoms with Gasteiger partial charge in [0.1, 0.15) is 0 Å². The minimum absolute atomic E-state index is 0.0924. The molecule has 0 aliphatic carbocycles. The summed E-state index contributed by atoms with van der Waals surface area (Å²) in [5, 5.41) is 2.75. The van der Waals surface area contributed by atoms with Gasteiger partial charge < -0.3 is 10.1 Å². The van der Waals surface area contributed by atoms with Crippen molar-refractivity contribution in [2.45, 2.75) is 36.5 Å². The number of sulfonamides is 2. The molecule has 2 aromatic rings. The number of nitrogens with one attached hydrogen (secondary N) is 1. The zero-order valence-corrected chi connectivity index (χ0v) is 21.6. The fourth-order valence-electron chi connectivity index (χ4n) is 4.23. The lowest BCUT2D eigenvalue weighted by atomic mass is 10.0. The van der Waals surface area contributed by atoms with E-state index < -0.39 is 26.0 Å². The van der Waals surface area contributed by atoms with Gasteiger partial charge in [-0.05, 0) is 67.6 Å². The van der Waals surface area contributed by atoms with Gasteiger partial charge in [-0.2, -0.15) is 8.61 Å². The smallest absolute Gasteiger partial charge is 0.255 e. The highest BCUT2D eigenvalue weighted by atomic mass is 32.2. The summed E-state index contributed by atoms with van der Waals surface area (Å²) in [5.41, 5.74) is 1.30. The third-order valence-corrected chi connectivity index (χ3v) is 10.4. The molecule has 1 amide bonds. The van der Waals surface area contributed by atoms with Gasteiger partial charge in [0.05, 0.1) is 23.0 Å². The number of morpholine rings is 1. The van der Waals surface area contributed by atoms with Crippen LogP contribution in [0, 0.1) is 12.8 Å². The Morgan fingerprint density at radius 1 is 0.857 bits per heavy atom. The van der Waals surface area contributed by atoms with Gasteiger partial charge in [-0.15, -0.1) is 0 Å². The molecule has 0 aromatic heterocycles. The van der Waals surface area contributed by atoms with Crippen molar-refractivity contribution >= 4 is 31.6 Å². The molecule has 190 valence electrons. The summed E-state index contributed by atoms with van der Waals surface area (Å²) >= 11 is 0. The number of aryl methyl sites for hydroxylation is 1. The van der Waals surface area contributed by atoms with Crippen molar-refractivity contribution in [3.8, 4) is 0 Å². The number of hydrogen-bond acceptors (Lipinski definition) is 6. The van der Waals surface area contributed by atoms with E-state index in [2.05, 4.69) is 12.2 Å². The van der Waals surface area contributed by atoms with Crippen LogP contribution in [0.25, 0.3) is 0 Å². The zero-order valence-electron chi connectivity index (χ0n) is 19.9. The lowest BCUT2D eigenvalue weighted by molar-refractivity contribution is 0.0730. The van der Waals surface area contributed by atoms with Gasteiger partial charge in [0, 0.05) is 37.4 Å². The number of carbonyl (C=O) groups is 1. The van der Waals surface area contributed by atoms with E-state index in [1.165, 1.54) is 45.0 Å². The second-order valence-electron chi connectivity index (χ2n) is 9.06. The SMILES string of the molecule is Cc1ccc(S(=O)(=O)N2CCC(C)CC2)cc1C(=O)Nc1ccc(S(=O)(=O)N2CCOCC2)cc1. The molecule has 2 saturated heterocycles. The maximum atomic E-state index is 13.1. The summed E-state index contributed by atoms with van der Waals surface area (Å²) < 4.78 is 59.9. The number of rotatable bonds is 6. The first-order valence-electron chi connectivity index (χ1n) is 11.7. The van der Waals surface area contributed by atoms with E-state index in [1.54, 1.807) is 13.0 Å². The largest absolute Gasteiger partial charge is 0.379 e. The van der Waals surface area contributed by atoms with E-state index in [4.69, 9.17) is 4.74 Å². The Kier molecular flexibility index (Phi) is 7.62. The maximum absolute atomic E-state index is 13.1. The van der Waals surface area contributed by atoms with E-state index in [0.29, 0.717) is 56.6 Å². The van der Waals surface area contributed by atoms with Crippen molar-refractivity contribution in [2.24, 2.45) is 5.92 Å². The number of piperidine rings is 1. The molecule has 0 spiro atoms. The van der Waals surface area contributed by atoms with E-state index in [1.807, 2.05) is 0 Å². The molecule has 0 radical (unpaired) electrons. The van der Waals surface area contributed by atoms with Crippen molar-refractivity contribution in [3.63, 3.8) is 0 Å². The van der Waals surface area contributed by atoms with Crippen molar-refractivity contribution in [1.82, 2.24) is 8.61 Å². The third kappa shape index (κ3) is 5.59. The number of ether oxygens (including phenoxy) is 1. The van der Waals surface area contributed by atoms with E-state index in [0.717, 1.165) is 12.8 Å². The van der Waals surface area contributed by atoms with E-state index >= 15 is 0 Å². The van der Waals surface area contributed by atoms with Gasteiger partial charge in [0.2, 0.25) is 20.0 Å². The fourth-order valence-corrected chi connectivity index (χ4v) is 7.13. The first-order valence-corrected chi connectivity index (χ1v) is 14.6. The number of carbonyl (C=O) groups excluding carboxylic acids is 1. The Bertz CT molecular complexity index is 1280. The highest BCUT2D eigenvalue weighted by molar-refractivity contribution is 7.89. The van der Waals surface area contributed by atoms with Crippen LogP contribution < -0.4 is 5.32 Å². The summed E-state index contributed by atoms with van der Waals surface area (Å²) in [5.74, 6) is 0.0339. The normalized spacial score (nSPS) is 18.9. The summed E-state index contributed by atoms with van der Waals surface area (Å²) in [6.45, 7) is 6.12. The lowest BCUT2D eigenvalue weighted by Gasteiger charge is -2.29. The number of nitrogens with zero attached hydrogens (tertiary/aromatic N) is 2. The fraction of sp³-hybridized carbons (Fsp3) is 0.458. The van der Waals surface area contributed by atoms with Crippen molar-refractivity contribution in [3.05, 3.63) is 53.6 Å². The Morgan fingerprint density at radius 3 is 2.03 bits per heavy atom. The van der Waals surface area contributed by atoms with Gasteiger partial charge in [-0.1, -0.05) is 13.0 Å². The first-order chi connectivity index (χ1) is 16.6. The Hall–Kier alpha value is -2.31. The quantitative estimate of drug-likeness (QED) is 0.625. The molecule has 2 heterocycles. The standard InChI is InChI=1S/C24H31N3O6S2/c1-18-9-11-26(12-10-18)35(31,32)22-6-3-19(2)23(17-22)24(28)25-20-4-7-21(8-5-20)34(29,30)27-13-15-33-16-14-27/h3-8,17-18H,9-16H2,1-2H3,(H,25,28). The minimum atomic E-state index is -3.69. The Morgan fingerprint density at radius 2 is 1.40 bits per heavy atom. The maximum Gasteiger partial charge on any atom is 0.255 e. The lowest BCUT2D eigenvalue weighted by Crippen LogP contribution is -2.40. The molecular weight excluding hydrogens is 490 g/mol. The third-order valence-electron chi connectivity index (χ3n) is 6.55. The van der Waals surface area contributed by atoms with E-state index in [-0.39, 0.29) is 15.4 Å². The number of amides is 1. The molecule has 2 aromatic carbocycles. The molecular formula is C24H31N3O6S2. The van der Waals surface area contributed by atoms with E-state index in [9.17, 15) is 21.6 Å². The molecule has 9 nitrogen and oxygen atoms in total. The second-order valence-corrected chi connectivity index (χ2v) is 12.9. The van der Waals surface area contributed by atoms with Gasteiger partial charge in [0.25, 0.3) is 5.91 Å². The monoisotopic (exact) mass is 521 g/mol.